The van der Waals surface area contributed by atoms with Crippen molar-refractivity contribution in [1.82, 2.24) is 0 Å². The average molecular weight is 668 g/mol. The fourth-order valence-corrected chi connectivity index (χ4v) is 8.74. The third-order valence-electron chi connectivity index (χ3n) is 11.2. The van der Waals surface area contributed by atoms with Crippen LogP contribution in [0.1, 0.15) is 25.0 Å². The maximum absolute atomic E-state index is 6.64. The van der Waals surface area contributed by atoms with Gasteiger partial charge in [-0.3, -0.25) is 0 Å². The summed E-state index contributed by atoms with van der Waals surface area (Å²) < 4.78 is 13.0. The molecule has 0 N–H and O–H groups in total. The van der Waals surface area contributed by atoms with E-state index in [4.69, 9.17) is 8.83 Å². The third kappa shape index (κ3) is 4.14. The monoisotopic (exact) mass is 667 g/mol. The fourth-order valence-electron chi connectivity index (χ4n) is 8.74. The van der Waals surface area contributed by atoms with Crippen molar-refractivity contribution in [1.29, 1.82) is 0 Å². The zero-order chi connectivity index (χ0) is 34.6. The lowest BCUT2D eigenvalue weighted by molar-refractivity contribution is 0.660. The van der Waals surface area contributed by atoms with Gasteiger partial charge >= 0.3 is 0 Å². The zero-order valence-corrected chi connectivity index (χ0v) is 28.9. The molecule has 11 rings (SSSR count). The molecule has 10 aromatic rings. The molecule has 8 aromatic carbocycles. The molecular weight excluding hydrogens is 635 g/mol. The maximum Gasteiger partial charge on any atom is 0.137 e. The second-order valence-electron chi connectivity index (χ2n) is 14.5. The first kappa shape index (κ1) is 29.2. The van der Waals surface area contributed by atoms with Gasteiger partial charge in [-0.25, -0.2) is 0 Å². The van der Waals surface area contributed by atoms with E-state index in [2.05, 4.69) is 170 Å². The molecule has 0 fully saturated rings. The maximum atomic E-state index is 6.64. The van der Waals surface area contributed by atoms with Gasteiger partial charge in [0.1, 0.15) is 22.3 Å². The zero-order valence-electron chi connectivity index (χ0n) is 28.9. The minimum atomic E-state index is -0.140. The Kier molecular flexibility index (Phi) is 6.01. The van der Waals surface area contributed by atoms with E-state index in [9.17, 15) is 0 Å². The lowest BCUT2D eigenvalue weighted by Gasteiger charge is -2.30. The largest absolute Gasteiger partial charge is 0.456 e. The van der Waals surface area contributed by atoms with Gasteiger partial charge in [0.15, 0.2) is 0 Å². The molecule has 0 unspecified atom stereocenters. The summed E-state index contributed by atoms with van der Waals surface area (Å²) in [7, 11) is 0. The van der Waals surface area contributed by atoms with E-state index >= 15 is 0 Å². The molecule has 0 saturated carbocycles. The molecule has 0 aliphatic heterocycles. The second-order valence-corrected chi connectivity index (χ2v) is 14.5. The van der Waals surface area contributed by atoms with E-state index in [-0.39, 0.29) is 5.41 Å². The van der Waals surface area contributed by atoms with Gasteiger partial charge in [0.2, 0.25) is 0 Å². The van der Waals surface area contributed by atoms with Crippen molar-refractivity contribution in [3.05, 3.63) is 175 Å². The second kappa shape index (κ2) is 10.7. The summed E-state index contributed by atoms with van der Waals surface area (Å²) in [6.07, 6.45) is 0. The summed E-state index contributed by atoms with van der Waals surface area (Å²) >= 11 is 0. The van der Waals surface area contributed by atoms with Crippen LogP contribution < -0.4 is 4.90 Å². The van der Waals surface area contributed by atoms with E-state index in [0.29, 0.717) is 0 Å². The highest BCUT2D eigenvalue weighted by atomic mass is 16.3. The van der Waals surface area contributed by atoms with Crippen LogP contribution in [0.15, 0.2) is 173 Å². The number of fused-ring (bicyclic) bond motifs is 10. The van der Waals surface area contributed by atoms with Crippen LogP contribution in [0.25, 0.3) is 76.9 Å². The molecule has 2 heterocycles. The molecule has 3 nitrogen and oxygen atoms in total. The van der Waals surface area contributed by atoms with Crippen LogP contribution in [0.5, 0.6) is 0 Å². The van der Waals surface area contributed by atoms with Gasteiger partial charge in [0, 0.05) is 50.0 Å². The molecule has 2 aromatic heterocycles. The number of anilines is 3. The van der Waals surface area contributed by atoms with Crippen LogP contribution in [-0.2, 0) is 5.41 Å². The lowest BCUT2D eigenvalue weighted by atomic mass is 9.82. The molecule has 0 radical (unpaired) electrons. The van der Waals surface area contributed by atoms with Crippen LogP contribution in [0.4, 0.5) is 17.1 Å². The molecule has 1 aliphatic carbocycles. The smallest absolute Gasteiger partial charge is 0.137 e. The number of hydrogen-bond donors (Lipinski definition) is 0. The average Bonchev–Trinajstić information content (AvgIpc) is 3.81. The Labute approximate surface area is 301 Å². The van der Waals surface area contributed by atoms with Crippen molar-refractivity contribution in [2.45, 2.75) is 19.3 Å². The molecular formula is C49H33NO2. The summed E-state index contributed by atoms with van der Waals surface area (Å²) in [6, 6.07) is 58.8. The number of benzene rings is 8. The molecule has 0 atom stereocenters. The molecule has 3 heteroatoms. The van der Waals surface area contributed by atoms with E-state index in [1.807, 2.05) is 12.1 Å². The Morgan fingerprint density at radius 2 is 1.04 bits per heavy atom. The molecule has 52 heavy (non-hydrogen) atoms. The lowest BCUT2D eigenvalue weighted by Crippen LogP contribution is -2.16. The minimum absolute atomic E-state index is 0.140. The van der Waals surface area contributed by atoms with Gasteiger partial charge in [-0.15, -0.1) is 0 Å². The molecule has 0 spiro atoms. The number of hydrogen-bond acceptors (Lipinski definition) is 3. The number of furan rings is 2. The van der Waals surface area contributed by atoms with Gasteiger partial charge in [-0.2, -0.15) is 0 Å². The van der Waals surface area contributed by atoms with Crippen LogP contribution in [-0.4, -0.2) is 0 Å². The highest BCUT2D eigenvalue weighted by Gasteiger charge is 2.36. The normalized spacial score (nSPS) is 13.3. The van der Waals surface area contributed by atoms with Crippen LogP contribution in [0.2, 0.25) is 0 Å². The Morgan fingerprint density at radius 1 is 0.404 bits per heavy atom. The topological polar surface area (TPSA) is 29.5 Å². The molecule has 1 aliphatic rings. The van der Waals surface area contributed by atoms with Crippen LogP contribution >= 0.6 is 0 Å². The van der Waals surface area contributed by atoms with E-state index < -0.39 is 0 Å². The van der Waals surface area contributed by atoms with E-state index in [0.717, 1.165) is 72.1 Å². The SMILES string of the molecule is CC1(C)c2ccccc2-c2ccc(N(c3ccc4c(c3)oc3cc5ccccc5cc34)c3ccccc3-c3cccc4oc5ccccc5c34)cc21. The summed E-state index contributed by atoms with van der Waals surface area (Å²) in [5.41, 5.74) is 14.2. The number of para-hydroxylation sites is 2. The van der Waals surface area contributed by atoms with E-state index in [1.54, 1.807) is 0 Å². The fraction of sp³-hybridized carbons (Fsp3) is 0.0612. The molecule has 0 saturated heterocycles. The Bertz CT molecular complexity index is 3070. The molecule has 246 valence electrons. The summed E-state index contributed by atoms with van der Waals surface area (Å²) in [4.78, 5) is 2.40. The molecule has 0 amide bonds. The van der Waals surface area contributed by atoms with Gasteiger partial charge in [-0.05, 0) is 93.2 Å². The van der Waals surface area contributed by atoms with Gasteiger partial charge < -0.3 is 13.7 Å². The van der Waals surface area contributed by atoms with Crippen molar-refractivity contribution in [2.24, 2.45) is 0 Å². The first-order valence-electron chi connectivity index (χ1n) is 17.9. The van der Waals surface area contributed by atoms with Gasteiger partial charge in [-0.1, -0.05) is 117 Å². The third-order valence-corrected chi connectivity index (χ3v) is 11.2. The molecule has 0 bridgehead atoms. The predicted octanol–water partition coefficient (Wildman–Crippen LogP) is 14.1. The minimum Gasteiger partial charge on any atom is -0.456 e. The van der Waals surface area contributed by atoms with Crippen molar-refractivity contribution in [3.63, 3.8) is 0 Å². The summed E-state index contributed by atoms with van der Waals surface area (Å²) in [5.74, 6) is 0. The van der Waals surface area contributed by atoms with Gasteiger partial charge in [0.25, 0.3) is 0 Å². The standard InChI is InChI=1S/C49H33NO2/c1-49(2)41-18-8-5-14-34(41)35-24-22-32(28-42(35)49)50(33-23-25-37-40-26-30-12-3-4-13-31(30)27-46(40)52-47(37)29-33)43-19-9-6-15-36(43)38-17-11-21-45-48(38)39-16-7-10-20-44(39)51-45/h3-29H,1-2H3. The quantitative estimate of drug-likeness (QED) is 0.187. The van der Waals surface area contributed by atoms with Crippen molar-refractivity contribution in [3.8, 4) is 22.3 Å². The van der Waals surface area contributed by atoms with Crippen molar-refractivity contribution in [2.75, 3.05) is 4.90 Å². The highest BCUT2D eigenvalue weighted by Crippen LogP contribution is 2.52. The van der Waals surface area contributed by atoms with Crippen molar-refractivity contribution < 1.29 is 8.83 Å². The predicted molar refractivity (Wildman–Crippen MR) is 216 cm³/mol. The highest BCUT2D eigenvalue weighted by molar-refractivity contribution is 6.14. The van der Waals surface area contributed by atoms with Gasteiger partial charge in [0.05, 0.1) is 5.69 Å². The van der Waals surface area contributed by atoms with Crippen molar-refractivity contribution >= 4 is 71.7 Å². The Hall–Kier alpha value is -6.58. The first-order chi connectivity index (χ1) is 25.5. The number of nitrogens with zero attached hydrogens (tertiary/aromatic N) is 1. The van der Waals surface area contributed by atoms with E-state index in [1.165, 1.54) is 33.0 Å². The summed E-state index contributed by atoms with van der Waals surface area (Å²) in [6.45, 7) is 4.68. The number of rotatable bonds is 4. The summed E-state index contributed by atoms with van der Waals surface area (Å²) in [5, 5.41) is 6.85. The Balaban J connectivity index is 1.17. The Morgan fingerprint density at radius 3 is 1.94 bits per heavy atom. The van der Waals surface area contributed by atoms with Crippen LogP contribution in [0, 0.1) is 0 Å². The van der Waals surface area contributed by atoms with Crippen LogP contribution in [0.3, 0.4) is 0 Å². The first-order valence-corrected chi connectivity index (χ1v) is 17.9.